The van der Waals surface area contributed by atoms with Crippen molar-refractivity contribution in [1.29, 1.82) is 0 Å². The van der Waals surface area contributed by atoms with E-state index in [4.69, 9.17) is 24.3 Å². The highest BCUT2D eigenvalue weighted by Crippen LogP contribution is 2.43. The molecule has 2 unspecified atom stereocenters. The summed E-state index contributed by atoms with van der Waals surface area (Å²) in [4.78, 5) is 35.3. The van der Waals surface area contributed by atoms with Crippen molar-refractivity contribution in [3.8, 4) is 0 Å². The molecule has 0 spiro atoms. The minimum Gasteiger partial charge on any atom is -0.462 e. The molecular weight excluding hydrogens is 1000 g/mol. The lowest BCUT2D eigenvalue weighted by Crippen LogP contribution is -2.29. The molecule has 0 fully saturated rings. The summed E-state index contributed by atoms with van der Waals surface area (Å²) in [7, 11) is -4.40. The van der Waals surface area contributed by atoms with Gasteiger partial charge in [-0.15, -0.1) is 0 Å². The van der Waals surface area contributed by atoms with Crippen LogP contribution in [-0.4, -0.2) is 49.3 Å². The van der Waals surface area contributed by atoms with Gasteiger partial charge in [-0.1, -0.05) is 270 Å². The monoisotopic (exact) mass is 1120 g/mol. The van der Waals surface area contributed by atoms with Gasteiger partial charge in [0.2, 0.25) is 0 Å². The van der Waals surface area contributed by atoms with E-state index in [9.17, 15) is 19.0 Å². The van der Waals surface area contributed by atoms with E-state index in [0.29, 0.717) is 6.42 Å². The molecular formula is C69H118NO8P. The van der Waals surface area contributed by atoms with Gasteiger partial charge < -0.3 is 20.1 Å². The molecule has 9 nitrogen and oxygen atoms in total. The Morgan fingerprint density at radius 2 is 0.696 bits per heavy atom. The summed E-state index contributed by atoms with van der Waals surface area (Å²) in [5.74, 6) is -0.836. The van der Waals surface area contributed by atoms with Crippen LogP contribution in [0.5, 0.6) is 0 Å². The average Bonchev–Trinajstić information content (AvgIpc) is 3.44. The Morgan fingerprint density at radius 3 is 1.04 bits per heavy atom. The maximum absolute atomic E-state index is 12.7. The van der Waals surface area contributed by atoms with Crippen LogP contribution in [0.2, 0.25) is 0 Å². The van der Waals surface area contributed by atoms with E-state index in [0.717, 1.165) is 103 Å². The average molecular weight is 1120 g/mol. The molecule has 0 aromatic rings. The lowest BCUT2D eigenvalue weighted by molar-refractivity contribution is -0.161. The molecule has 0 heterocycles. The van der Waals surface area contributed by atoms with Crippen LogP contribution in [0, 0.1) is 0 Å². The number of allylic oxidation sites excluding steroid dienone is 20. The van der Waals surface area contributed by atoms with E-state index in [1.54, 1.807) is 0 Å². The second-order valence-corrected chi connectivity index (χ2v) is 22.3. The van der Waals surface area contributed by atoms with Crippen molar-refractivity contribution >= 4 is 19.8 Å². The van der Waals surface area contributed by atoms with Crippen molar-refractivity contribution in [2.75, 3.05) is 26.4 Å². The molecule has 452 valence electrons. The molecule has 0 aliphatic heterocycles. The summed E-state index contributed by atoms with van der Waals surface area (Å²) >= 11 is 0. The molecule has 3 N–H and O–H groups in total. The third kappa shape index (κ3) is 63.5. The third-order valence-corrected chi connectivity index (χ3v) is 14.3. The van der Waals surface area contributed by atoms with Crippen LogP contribution in [-0.2, 0) is 32.7 Å². The van der Waals surface area contributed by atoms with Crippen molar-refractivity contribution in [3.05, 3.63) is 122 Å². The molecule has 0 saturated heterocycles. The van der Waals surface area contributed by atoms with Crippen molar-refractivity contribution < 1.29 is 37.6 Å². The Balaban J connectivity index is 3.98. The van der Waals surface area contributed by atoms with E-state index in [1.165, 1.54) is 135 Å². The molecule has 0 amide bonds. The van der Waals surface area contributed by atoms with Gasteiger partial charge in [0, 0.05) is 19.4 Å². The zero-order valence-electron chi connectivity index (χ0n) is 50.6. The maximum Gasteiger partial charge on any atom is 0.472 e. The van der Waals surface area contributed by atoms with E-state index >= 15 is 0 Å². The van der Waals surface area contributed by atoms with Crippen LogP contribution in [0.25, 0.3) is 0 Å². The number of carbonyl (C=O) groups is 2. The number of hydrogen-bond donors (Lipinski definition) is 2. The van der Waals surface area contributed by atoms with Gasteiger partial charge in [0.05, 0.1) is 13.2 Å². The molecule has 0 aromatic heterocycles. The standard InChI is InChI=1S/C69H118NO8P/c1-3-5-7-9-11-13-15-17-19-21-23-25-27-28-29-30-31-32-33-34-35-36-37-38-40-42-44-46-48-50-52-54-56-58-60-62-69(72)78-67(66-77-79(73,74)76-64-63-70)65-75-68(71)61-59-57-55-53-51-49-47-45-43-41-39-26-24-22-20-18-16-14-12-10-8-6-4-2/h5,7,11,13,16-19,22-25,28-29,31-32,34-35,37-38,67H,3-4,6,8-10,12,14-15,20-21,26-27,30,33,36,39-66,70H2,1-2H3,(H,73,74)/b7-5-,13-11-,18-16-,19-17-,24-22-,25-23-,29-28-,32-31-,35-34-,38-37-. The van der Waals surface area contributed by atoms with Gasteiger partial charge in [0.1, 0.15) is 6.61 Å². The molecule has 0 radical (unpaired) electrons. The summed E-state index contributed by atoms with van der Waals surface area (Å²) < 4.78 is 33.1. The Kier molecular flexibility index (Phi) is 60.7. The number of ether oxygens (including phenoxy) is 2. The summed E-state index contributed by atoms with van der Waals surface area (Å²) in [6.45, 7) is 3.62. The number of nitrogens with two attached hydrogens (primary N) is 1. The van der Waals surface area contributed by atoms with Crippen LogP contribution >= 0.6 is 7.82 Å². The Labute approximate surface area is 485 Å². The van der Waals surface area contributed by atoms with E-state index in [2.05, 4.69) is 135 Å². The molecule has 2 atom stereocenters. The summed E-state index contributed by atoms with van der Waals surface area (Å²) in [6, 6.07) is 0. The van der Waals surface area contributed by atoms with Crippen LogP contribution in [0.4, 0.5) is 0 Å². The van der Waals surface area contributed by atoms with Gasteiger partial charge in [0.25, 0.3) is 0 Å². The van der Waals surface area contributed by atoms with Crippen LogP contribution in [0.1, 0.15) is 271 Å². The minimum atomic E-state index is -4.40. The first kappa shape index (κ1) is 75.4. The Morgan fingerprint density at radius 1 is 0.392 bits per heavy atom. The van der Waals surface area contributed by atoms with Crippen molar-refractivity contribution in [2.45, 2.75) is 277 Å². The highest BCUT2D eigenvalue weighted by Gasteiger charge is 2.26. The number of rotatable bonds is 59. The fourth-order valence-electron chi connectivity index (χ4n) is 8.62. The van der Waals surface area contributed by atoms with Gasteiger partial charge >= 0.3 is 19.8 Å². The molecule has 0 bridgehead atoms. The zero-order chi connectivity index (χ0) is 57.3. The molecule has 0 aliphatic carbocycles. The van der Waals surface area contributed by atoms with Crippen molar-refractivity contribution in [3.63, 3.8) is 0 Å². The van der Waals surface area contributed by atoms with Gasteiger partial charge in [-0.3, -0.25) is 18.6 Å². The largest absolute Gasteiger partial charge is 0.472 e. The van der Waals surface area contributed by atoms with Gasteiger partial charge in [0.15, 0.2) is 6.10 Å². The van der Waals surface area contributed by atoms with Gasteiger partial charge in [-0.05, 0) is 109 Å². The maximum atomic E-state index is 12.7. The topological polar surface area (TPSA) is 134 Å². The lowest BCUT2D eigenvalue weighted by atomic mass is 10.0. The Bertz CT molecular complexity index is 1710. The number of hydrogen-bond acceptors (Lipinski definition) is 8. The second-order valence-electron chi connectivity index (χ2n) is 20.9. The number of carbonyl (C=O) groups excluding carboxylic acids is 2. The van der Waals surface area contributed by atoms with Crippen molar-refractivity contribution in [2.24, 2.45) is 5.73 Å². The smallest absolute Gasteiger partial charge is 0.462 e. The quantitative estimate of drug-likeness (QED) is 0.0264. The normalized spacial score (nSPS) is 13.8. The molecule has 0 saturated carbocycles. The molecule has 0 aromatic carbocycles. The molecule has 0 rings (SSSR count). The molecule has 10 heteroatoms. The first-order valence-electron chi connectivity index (χ1n) is 32.0. The van der Waals surface area contributed by atoms with E-state index in [-0.39, 0.29) is 38.6 Å². The van der Waals surface area contributed by atoms with Crippen LogP contribution in [0.15, 0.2) is 122 Å². The third-order valence-electron chi connectivity index (χ3n) is 13.3. The van der Waals surface area contributed by atoms with Crippen molar-refractivity contribution in [1.82, 2.24) is 0 Å². The Hall–Kier alpha value is -3.59. The number of phosphoric ester groups is 1. The first-order valence-corrected chi connectivity index (χ1v) is 33.5. The lowest BCUT2D eigenvalue weighted by Gasteiger charge is -2.19. The summed E-state index contributed by atoms with van der Waals surface area (Å²) in [5.41, 5.74) is 5.39. The number of esters is 2. The summed E-state index contributed by atoms with van der Waals surface area (Å²) in [6.07, 6.45) is 88.3. The zero-order valence-corrected chi connectivity index (χ0v) is 51.5. The van der Waals surface area contributed by atoms with Crippen LogP contribution in [0.3, 0.4) is 0 Å². The molecule has 0 aliphatic rings. The highest BCUT2D eigenvalue weighted by molar-refractivity contribution is 7.47. The van der Waals surface area contributed by atoms with Crippen LogP contribution < -0.4 is 5.73 Å². The fraction of sp³-hybridized carbons (Fsp3) is 0.681. The van der Waals surface area contributed by atoms with Gasteiger partial charge in [-0.25, -0.2) is 4.57 Å². The fourth-order valence-corrected chi connectivity index (χ4v) is 9.39. The SMILES string of the molecule is CC/C=C\C/C=C\C/C=C\C/C=C\C/C=C\C/C=C\C/C=C\C/C=C\CCCCCCCCCCCCC(=O)OC(COC(=O)CCCCCCCCCCCCC/C=C\C/C=C\CCCCCCC)COP(=O)(O)OCCN. The number of phosphoric acid groups is 1. The first-order chi connectivity index (χ1) is 38.8. The minimum absolute atomic E-state index is 0.0474. The van der Waals surface area contributed by atoms with E-state index < -0.39 is 26.5 Å². The predicted octanol–water partition coefficient (Wildman–Crippen LogP) is 20.7. The number of unbranched alkanes of at least 4 members (excludes halogenated alkanes) is 26. The molecule has 79 heavy (non-hydrogen) atoms. The second kappa shape index (κ2) is 63.6. The predicted molar refractivity (Wildman–Crippen MR) is 339 cm³/mol. The highest BCUT2D eigenvalue weighted by atomic mass is 31.2. The van der Waals surface area contributed by atoms with E-state index in [1.807, 2.05) is 0 Å². The summed E-state index contributed by atoms with van der Waals surface area (Å²) in [5, 5.41) is 0. The van der Waals surface area contributed by atoms with Gasteiger partial charge in [-0.2, -0.15) is 0 Å².